The summed E-state index contributed by atoms with van der Waals surface area (Å²) in [6, 6.07) is 7.89. The zero-order valence-electron chi connectivity index (χ0n) is 15.2. The second-order valence-electron chi connectivity index (χ2n) is 7.13. The Morgan fingerprint density at radius 2 is 2.04 bits per heavy atom. The Hall–Kier alpha value is -2.18. The van der Waals surface area contributed by atoms with Gasteiger partial charge in [0.1, 0.15) is 5.82 Å². The van der Waals surface area contributed by atoms with Crippen LogP contribution in [0.15, 0.2) is 42.9 Å². The Morgan fingerprint density at radius 1 is 1.19 bits per heavy atom. The van der Waals surface area contributed by atoms with Crippen LogP contribution in [0.2, 0.25) is 5.02 Å². The molecule has 7 heteroatoms. The molecule has 0 spiro atoms. The number of nitrogens with one attached hydrogen (secondary N) is 1. The third-order valence-electron chi connectivity index (χ3n) is 5.48. The summed E-state index contributed by atoms with van der Waals surface area (Å²) in [5.74, 6) is 1.22. The van der Waals surface area contributed by atoms with E-state index in [4.69, 9.17) is 11.6 Å². The lowest BCUT2D eigenvalue weighted by atomic mass is 9.93. The minimum absolute atomic E-state index is 0.0444. The van der Waals surface area contributed by atoms with Gasteiger partial charge in [-0.1, -0.05) is 23.7 Å². The topological polar surface area (TPSA) is 61.4 Å². The van der Waals surface area contributed by atoms with Crippen molar-refractivity contribution in [3.05, 3.63) is 53.4 Å². The SMILES string of the molecule is O=C(C1CCN(c2cnccn2)CC1)N1CCNCC1c1cccc(Cl)c1. The van der Waals surface area contributed by atoms with Gasteiger partial charge in [-0.2, -0.15) is 0 Å². The first-order valence-corrected chi connectivity index (χ1v) is 9.88. The van der Waals surface area contributed by atoms with E-state index in [-0.39, 0.29) is 17.9 Å². The summed E-state index contributed by atoms with van der Waals surface area (Å²) >= 11 is 6.17. The number of aromatic nitrogens is 2. The van der Waals surface area contributed by atoms with Gasteiger partial charge in [0.05, 0.1) is 12.2 Å². The number of piperazine rings is 1. The Labute approximate surface area is 164 Å². The predicted molar refractivity (Wildman–Crippen MR) is 106 cm³/mol. The van der Waals surface area contributed by atoms with Crippen LogP contribution >= 0.6 is 11.6 Å². The van der Waals surface area contributed by atoms with E-state index >= 15 is 0 Å². The third-order valence-corrected chi connectivity index (χ3v) is 5.71. The molecule has 1 unspecified atom stereocenters. The van der Waals surface area contributed by atoms with Crippen LogP contribution in [0.3, 0.4) is 0 Å². The fourth-order valence-electron chi connectivity index (χ4n) is 4.02. The fraction of sp³-hybridized carbons (Fsp3) is 0.450. The molecule has 4 rings (SSSR count). The molecule has 0 aliphatic carbocycles. The molecule has 2 aromatic rings. The van der Waals surface area contributed by atoms with E-state index in [1.165, 1.54) is 0 Å². The molecule has 2 aliphatic heterocycles. The fourth-order valence-corrected chi connectivity index (χ4v) is 4.22. The highest BCUT2D eigenvalue weighted by molar-refractivity contribution is 6.30. The van der Waals surface area contributed by atoms with Gasteiger partial charge < -0.3 is 15.1 Å². The number of nitrogens with zero attached hydrogens (tertiary/aromatic N) is 4. The van der Waals surface area contributed by atoms with Crippen LogP contribution in [-0.4, -0.2) is 53.5 Å². The molecule has 0 radical (unpaired) electrons. The van der Waals surface area contributed by atoms with E-state index in [0.29, 0.717) is 5.02 Å². The van der Waals surface area contributed by atoms with E-state index in [9.17, 15) is 4.79 Å². The molecule has 3 heterocycles. The summed E-state index contributed by atoms with van der Waals surface area (Å²) in [5.41, 5.74) is 1.10. The van der Waals surface area contributed by atoms with E-state index < -0.39 is 0 Å². The van der Waals surface area contributed by atoms with Crippen LogP contribution in [0.5, 0.6) is 0 Å². The first-order chi connectivity index (χ1) is 13.2. The number of piperidine rings is 1. The lowest BCUT2D eigenvalue weighted by Gasteiger charge is -2.40. The van der Waals surface area contributed by atoms with Crippen LogP contribution < -0.4 is 10.2 Å². The summed E-state index contributed by atoms with van der Waals surface area (Å²) in [6.45, 7) is 4.01. The Balaban J connectivity index is 1.44. The predicted octanol–water partition coefficient (Wildman–Crippen LogP) is 2.52. The first-order valence-electron chi connectivity index (χ1n) is 9.50. The maximum atomic E-state index is 13.3. The number of halogens is 1. The number of anilines is 1. The molecule has 27 heavy (non-hydrogen) atoms. The van der Waals surface area contributed by atoms with Crippen LogP contribution in [0.25, 0.3) is 0 Å². The van der Waals surface area contributed by atoms with E-state index in [0.717, 1.165) is 56.9 Å². The van der Waals surface area contributed by atoms with Crippen molar-refractivity contribution in [2.24, 2.45) is 5.92 Å². The van der Waals surface area contributed by atoms with Gasteiger partial charge in [-0.25, -0.2) is 4.98 Å². The average molecular weight is 386 g/mol. The summed E-state index contributed by atoms with van der Waals surface area (Å²) in [5, 5.41) is 4.12. The Kier molecular flexibility index (Phi) is 5.55. The highest BCUT2D eigenvalue weighted by atomic mass is 35.5. The number of rotatable bonds is 3. The largest absolute Gasteiger partial charge is 0.355 e. The zero-order valence-corrected chi connectivity index (χ0v) is 16.0. The van der Waals surface area contributed by atoms with Crippen molar-refractivity contribution in [3.8, 4) is 0 Å². The van der Waals surface area contributed by atoms with Gasteiger partial charge in [0, 0.05) is 56.1 Å². The highest BCUT2D eigenvalue weighted by Crippen LogP contribution is 2.29. The van der Waals surface area contributed by atoms with Gasteiger partial charge in [-0.15, -0.1) is 0 Å². The number of hydrogen-bond donors (Lipinski definition) is 1. The zero-order chi connectivity index (χ0) is 18.6. The molecule has 142 valence electrons. The number of carbonyl (C=O) groups excluding carboxylic acids is 1. The van der Waals surface area contributed by atoms with Gasteiger partial charge in [-0.3, -0.25) is 9.78 Å². The normalized spacial score (nSPS) is 21.3. The summed E-state index contributed by atoms with van der Waals surface area (Å²) < 4.78 is 0. The first kappa shape index (κ1) is 18.2. The molecule has 1 N–H and O–H groups in total. The third kappa shape index (κ3) is 4.06. The molecule has 2 saturated heterocycles. The lowest BCUT2D eigenvalue weighted by Crippen LogP contribution is -2.51. The van der Waals surface area contributed by atoms with Crippen molar-refractivity contribution >= 4 is 23.3 Å². The van der Waals surface area contributed by atoms with Crippen LogP contribution in [0, 0.1) is 5.92 Å². The summed E-state index contributed by atoms with van der Waals surface area (Å²) in [4.78, 5) is 26.1. The van der Waals surface area contributed by atoms with Crippen LogP contribution in [-0.2, 0) is 4.79 Å². The quantitative estimate of drug-likeness (QED) is 0.879. The molecule has 0 saturated carbocycles. The lowest BCUT2D eigenvalue weighted by molar-refractivity contribution is -0.139. The van der Waals surface area contributed by atoms with Gasteiger partial charge in [-0.05, 0) is 30.5 Å². The smallest absolute Gasteiger partial charge is 0.226 e. The minimum atomic E-state index is 0.0444. The van der Waals surface area contributed by atoms with Crippen molar-refractivity contribution in [2.45, 2.75) is 18.9 Å². The molecule has 2 aliphatic rings. The maximum Gasteiger partial charge on any atom is 0.226 e. The van der Waals surface area contributed by atoms with Crippen molar-refractivity contribution < 1.29 is 4.79 Å². The van der Waals surface area contributed by atoms with Crippen molar-refractivity contribution in [3.63, 3.8) is 0 Å². The highest BCUT2D eigenvalue weighted by Gasteiger charge is 2.34. The second-order valence-corrected chi connectivity index (χ2v) is 7.57. The van der Waals surface area contributed by atoms with Gasteiger partial charge in [0.25, 0.3) is 0 Å². The monoisotopic (exact) mass is 385 g/mol. The Bertz CT molecular complexity index is 779. The Morgan fingerprint density at radius 3 is 2.78 bits per heavy atom. The van der Waals surface area contributed by atoms with Crippen LogP contribution in [0.4, 0.5) is 5.82 Å². The van der Waals surface area contributed by atoms with E-state index in [2.05, 4.69) is 26.3 Å². The molecule has 1 aromatic carbocycles. The van der Waals surface area contributed by atoms with Crippen molar-refractivity contribution in [1.29, 1.82) is 0 Å². The molecule has 1 amide bonds. The number of amides is 1. The molecule has 0 bridgehead atoms. The molecular weight excluding hydrogens is 362 g/mol. The molecule has 2 fully saturated rings. The van der Waals surface area contributed by atoms with Gasteiger partial charge in [0.15, 0.2) is 0 Å². The molecule has 1 atom stereocenters. The van der Waals surface area contributed by atoms with Crippen molar-refractivity contribution in [2.75, 3.05) is 37.6 Å². The number of hydrogen-bond acceptors (Lipinski definition) is 5. The summed E-state index contributed by atoms with van der Waals surface area (Å²) in [6.07, 6.45) is 6.87. The average Bonchev–Trinajstić information content (AvgIpc) is 2.74. The maximum absolute atomic E-state index is 13.3. The van der Waals surface area contributed by atoms with Gasteiger partial charge in [0.2, 0.25) is 5.91 Å². The van der Waals surface area contributed by atoms with E-state index in [1.807, 2.05) is 23.1 Å². The molecule has 6 nitrogen and oxygen atoms in total. The summed E-state index contributed by atoms with van der Waals surface area (Å²) in [7, 11) is 0. The van der Waals surface area contributed by atoms with E-state index in [1.54, 1.807) is 18.6 Å². The van der Waals surface area contributed by atoms with Crippen molar-refractivity contribution in [1.82, 2.24) is 20.2 Å². The van der Waals surface area contributed by atoms with Gasteiger partial charge >= 0.3 is 0 Å². The molecule has 1 aromatic heterocycles. The van der Waals surface area contributed by atoms with Crippen LogP contribution in [0.1, 0.15) is 24.4 Å². The number of benzene rings is 1. The molecular formula is C20H24ClN5O. The standard InChI is InChI=1S/C20H24ClN5O/c21-17-3-1-2-16(12-17)18-13-23-8-11-26(18)20(27)15-4-9-25(10-5-15)19-14-22-6-7-24-19/h1-3,6-7,12,14-15,18,23H,4-5,8-11,13H2. The number of carbonyl (C=O) groups is 1. The second kappa shape index (κ2) is 8.23. The minimum Gasteiger partial charge on any atom is -0.355 e.